The first kappa shape index (κ1) is 17.3. The van der Waals surface area contributed by atoms with Gasteiger partial charge in [0.15, 0.2) is 0 Å². The lowest BCUT2D eigenvalue weighted by Crippen LogP contribution is -2.18. The van der Waals surface area contributed by atoms with Gasteiger partial charge in [0.05, 0.1) is 11.3 Å². The fourth-order valence-corrected chi connectivity index (χ4v) is 4.38. The van der Waals surface area contributed by atoms with Gasteiger partial charge in [0.1, 0.15) is 5.82 Å². The highest BCUT2D eigenvalue weighted by Crippen LogP contribution is 2.63. The third-order valence-electron chi connectivity index (χ3n) is 5.60. The molecule has 5 nitrogen and oxygen atoms in total. The lowest BCUT2D eigenvalue weighted by molar-refractivity contribution is -0.137. The zero-order chi connectivity index (χ0) is 18.8. The number of hydrogen-bond donors (Lipinski definition) is 2. The Morgan fingerprint density at radius 1 is 1.19 bits per heavy atom. The maximum Gasteiger partial charge on any atom is 0.419 e. The van der Waals surface area contributed by atoms with E-state index in [0.717, 1.165) is 24.6 Å². The van der Waals surface area contributed by atoms with Crippen LogP contribution in [0.25, 0.3) is 11.3 Å². The van der Waals surface area contributed by atoms with Crippen LogP contribution in [0, 0.1) is 11.8 Å². The molecular formula is C18H22F3N5. The summed E-state index contributed by atoms with van der Waals surface area (Å²) in [5, 5.41) is 4.58. The van der Waals surface area contributed by atoms with Crippen LogP contribution in [0.15, 0.2) is 18.3 Å². The molecule has 140 valence electrons. The standard InChI is InChI=1S/C18H22F3N5/c1-8(2)26-15(16-11-4-10(22)5-12(11)16)6-14(25-26)9-3-13(18(19,20)21)17(23)24-7-9/h3,6-8,10-12,16H,4-5,22H2,1-2H3,(H2,23,24). The predicted octanol–water partition coefficient (Wildman–Crippen LogP) is 3.58. The Morgan fingerprint density at radius 2 is 1.85 bits per heavy atom. The Bertz CT molecular complexity index is 830. The summed E-state index contributed by atoms with van der Waals surface area (Å²) in [6, 6.07) is 3.33. The van der Waals surface area contributed by atoms with Crippen LogP contribution in [-0.2, 0) is 6.18 Å². The van der Waals surface area contributed by atoms with Crippen molar-refractivity contribution >= 4 is 5.82 Å². The van der Waals surface area contributed by atoms with Crippen molar-refractivity contribution < 1.29 is 13.2 Å². The molecule has 2 aliphatic carbocycles. The third kappa shape index (κ3) is 2.76. The first-order valence-corrected chi connectivity index (χ1v) is 8.85. The summed E-state index contributed by atoms with van der Waals surface area (Å²) in [6.45, 7) is 4.04. The summed E-state index contributed by atoms with van der Waals surface area (Å²) in [5.41, 5.74) is 12.4. The number of anilines is 1. The molecule has 0 spiro atoms. The van der Waals surface area contributed by atoms with Gasteiger partial charge in [-0.2, -0.15) is 18.3 Å². The van der Waals surface area contributed by atoms with E-state index < -0.39 is 17.6 Å². The summed E-state index contributed by atoms with van der Waals surface area (Å²) in [5.74, 6) is 1.03. The minimum atomic E-state index is -4.54. The SMILES string of the molecule is CC(C)n1nc(-c2cnc(N)c(C(F)(F)F)c2)cc1C1C2CC(N)CC21. The van der Waals surface area contributed by atoms with Crippen molar-refractivity contribution in [1.82, 2.24) is 14.8 Å². The van der Waals surface area contributed by atoms with E-state index in [9.17, 15) is 13.2 Å². The predicted molar refractivity (Wildman–Crippen MR) is 92.2 cm³/mol. The van der Waals surface area contributed by atoms with E-state index in [0.29, 0.717) is 29.0 Å². The summed E-state index contributed by atoms with van der Waals surface area (Å²) < 4.78 is 41.3. The number of aromatic nitrogens is 3. The van der Waals surface area contributed by atoms with Gasteiger partial charge >= 0.3 is 6.18 Å². The number of nitrogens with two attached hydrogens (primary N) is 2. The first-order valence-electron chi connectivity index (χ1n) is 8.85. The van der Waals surface area contributed by atoms with Crippen molar-refractivity contribution in [2.24, 2.45) is 17.6 Å². The number of fused-ring (bicyclic) bond motifs is 1. The van der Waals surface area contributed by atoms with Crippen molar-refractivity contribution in [1.29, 1.82) is 0 Å². The number of rotatable bonds is 3. The Hall–Kier alpha value is -2.09. The Labute approximate surface area is 149 Å². The maximum absolute atomic E-state index is 13.1. The highest BCUT2D eigenvalue weighted by atomic mass is 19.4. The fraction of sp³-hybridized carbons (Fsp3) is 0.556. The van der Waals surface area contributed by atoms with Gasteiger partial charge in [0, 0.05) is 35.5 Å². The van der Waals surface area contributed by atoms with E-state index >= 15 is 0 Å². The van der Waals surface area contributed by atoms with Crippen LogP contribution in [0.2, 0.25) is 0 Å². The molecule has 4 rings (SSSR count). The molecule has 2 aromatic rings. The molecule has 2 aliphatic rings. The quantitative estimate of drug-likeness (QED) is 0.871. The molecule has 0 radical (unpaired) electrons. The minimum absolute atomic E-state index is 0.123. The van der Waals surface area contributed by atoms with Gasteiger partial charge in [0.25, 0.3) is 0 Å². The Morgan fingerprint density at radius 3 is 2.42 bits per heavy atom. The fourth-order valence-electron chi connectivity index (χ4n) is 4.38. The van der Waals surface area contributed by atoms with E-state index in [-0.39, 0.29) is 12.1 Å². The average Bonchev–Trinajstić information content (AvgIpc) is 2.91. The zero-order valence-electron chi connectivity index (χ0n) is 14.7. The van der Waals surface area contributed by atoms with Crippen LogP contribution in [0.1, 0.15) is 49.9 Å². The second kappa shape index (κ2) is 5.70. The van der Waals surface area contributed by atoms with Gasteiger partial charge in [-0.15, -0.1) is 0 Å². The van der Waals surface area contributed by atoms with E-state index in [1.54, 1.807) is 0 Å². The average molecular weight is 365 g/mol. The van der Waals surface area contributed by atoms with Gasteiger partial charge in [-0.3, -0.25) is 4.68 Å². The number of nitrogen functional groups attached to an aromatic ring is 1. The van der Waals surface area contributed by atoms with Gasteiger partial charge in [-0.1, -0.05) is 0 Å². The maximum atomic E-state index is 13.1. The van der Waals surface area contributed by atoms with Crippen LogP contribution < -0.4 is 11.5 Å². The smallest absolute Gasteiger partial charge is 0.383 e. The van der Waals surface area contributed by atoms with Gasteiger partial charge < -0.3 is 11.5 Å². The van der Waals surface area contributed by atoms with Crippen LogP contribution >= 0.6 is 0 Å². The summed E-state index contributed by atoms with van der Waals surface area (Å²) >= 11 is 0. The van der Waals surface area contributed by atoms with Gasteiger partial charge in [-0.25, -0.2) is 4.98 Å². The van der Waals surface area contributed by atoms with E-state index in [4.69, 9.17) is 11.5 Å². The molecule has 8 heteroatoms. The van der Waals surface area contributed by atoms with Crippen molar-refractivity contribution in [3.63, 3.8) is 0 Å². The highest BCUT2D eigenvalue weighted by Gasteiger charge is 2.57. The zero-order valence-corrected chi connectivity index (χ0v) is 14.7. The first-order chi connectivity index (χ1) is 12.2. The lowest BCUT2D eigenvalue weighted by Gasteiger charge is -2.13. The molecule has 2 saturated carbocycles. The summed E-state index contributed by atoms with van der Waals surface area (Å²) in [4.78, 5) is 3.73. The third-order valence-corrected chi connectivity index (χ3v) is 5.60. The largest absolute Gasteiger partial charge is 0.419 e. The number of alkyl halides is 3. The van der Waals surface area contributed by atoms with Crippen LogP contribution in [0.3, 0.4) is 0 Å². The molecule has 0 bridgehead atoms. The summed E-state index contributed by atoms with van der Waals surface area (Å²) in [7, 11) is 0. The van der Waals surface area contributed by atoms with E-state index in [2.05, 4.69) is 10.1 Å². The van der Waals surface area contributed by atoms with E-state index in [1.807, 2.05) is 24.6 Å². The molecule has 0 saturated heterocycles. The number of halogens is 3. The molecule has 26 heavy (non-hydrogen) atoms. The topological polar surface area (TPSA) is 82.8 Å². The molecule has 0 amide bonds. The molecule has 2 aromatic heterocycles. The molecule has 2 unspecified atom stereocenters. The van der Waals surface area contributed by atoms with Crippen molar-refractivity contribution in [2.45, 2.75) is 50.9 Å². The van der Waals surface area contributed by atoms with Crippen LogP contribution in [0.4, 0.5) is 19.0 Å². The number of pyridine rings is 1. The van der Waals surface area contributed by atoms with Crippen LogP contribution in [0.5, 0.6) is 0 Å². The lowest BCUT2D eigenvalue weighted by atomic mass is 10.0. The van der Waals surface area contributed by atoms with Gasteiger partial charge in [-0.05, 0) is 50.7 Å². The molecular weight excluding hydrogens is 343 g/mol. The minimum Gasteiger partial charge on any atom is -0.383 e. The van der Waals surface area contributed by atoms with Crippen LogP contribution in [-0.4, -0.2) is 20.8 Å². The van der Waals surface area contributed by atoms with Gasteiger partial charge in [0.2, 0.25) is 0 Å². The molecule has 2 atom stereocenters. The molecule has 4 N–H and O–H groups in total. The number of nitrogens with zero attached hydrogens (tertiary/aromatic N) is 3. The normalized spacial score (nSPS) is 27.8. The van der Waals surface area contributed by atoms with E-state index in [1.165, 1.54) is 6.20 Å². The highest BCUT2D eigenvalue weighted by molar-refractivity contribution is 5.63. The summed E-state index contributed by atoms with van der Waals surface area (Å²) in [6.07, 6.45) is -1.17. The molecule has 2 fully saturated rings. The van der Waals surface area contributed by atoms with Crippen molar-refractivity contribution in [3.05, 3.63) is 29.6 Å². The Kier molecular flexibility index (Phi) is 3.80. The molecule has 0 aliphatic heterocycles. The second-order valence-electron chi connectivity index (χ2n) is 7.73. The molecule has 2 heterocycles. The van der Waals surface area contributed by atoms with Crippen molar-refractivity contribution in [2.75, 3.05) is 5.73 Å². The number of hydrogen-bond acceptors (Lipinski definition) is 4. The Balaban J connectivity index is 1.72. The second-order valence-corrected chi connectivity index (χ2v) is 7.73. The van der Waals surface area contributed by atoms with Crippen molar-refractivity contribution in [3.8, 4) is 11.3 Å². The molecule has 0 aromatic carbocycles. The monoisotopic (exact) mass is 365 g/mol.